The second-order valence-electron chi connectivity index (χ2n) is 5.13. The molecule has 3 rings (SSSR count). The summed E-state index contributed by atoms with van der Waals surface area (Å²) in [6.45, 7) is 2.22. The van der Waals surface area contributed by atoms with Gasteiger partial charge < -0.3 is 4.74 Å². The highest BCUT2D eigenvalue weighted by atomic mass is 32.1. The molecule has 1 saturated carbocycles. The largest absolute Gasteiger partial charge is 0.493 e. The van der Waals surface area contributed by atoms with Gasteiger partial charge >= 0.3 is 5.91 Å². The van der Waals surface area contributed by atoms with Crippen molar-refractivity contribution in [3.05, 3.63) is 44.2 Å². The number of carbonyl (C=O) groups is 1. The number of aryl methyl sites for hydroxylation is 1. The van der Waals surface area contributed by atoms with Crippen LogP contribution in [-0.4, -0.2) is 22.1 Å². The maximum absolute atomic E-state index is 12.1. The average molecular weight is 319 g/mol. The van der Waals surface area contributed by atoms with Gasteiger partial charge in [-0.25, -0.2) is 4.98 Å². The number of nitrogens with zero attached hydrogens (tertiary/aromatic N) is 3. The first kappa shape index (κ1) is 14.6. The van der Waals surface area contributed by atoms with Crippen molar-refractivity contribution in [2.75, 3.05) is 6.61 Å². The lowest BCUT2D eigenvalue weighted by Crippen LogP contribution is -2.16. The van der Waals surface area contributed by atoms with Crippen molar-refractivity contribution < 1.29 is 9.53 Å². The Morgan fingerprint density at radius 3 is 2.95 bits per heavy atom. The van der Waals surface area contributed by atoms with E-state index >= 15 is 0 Å². The van der Waals surface area contributed by atoms with Crippen molar-refractivity contribution in [1.29, 1.82) is 0 Å². The van der Waals surface area contributed by atoms with Crippen molar-refractivity contribution in [2.45, 2.75) is 19.8 Å². The molecule has 1 aliphatic carbocycles. The Morgan fingerprint density at radius 2 is 2.32 bits per heavy atom. The normalized spacial score (nSPS) is 13.9. The molecule has 22 heavy (non-hydrogen) atoms. The SMILES string of the molecule is Cc1nc(-n2ccc(OCC3CC3)cc2=O)sc1C(=O)N=O. The highest BCUT2D eigenvalue weighted by Gasteiger charge is 2.22. The summed E-state index contributed by atoms with van der Waals surface area (Å²) in [4.78, 5) is 38.1. The molecule has 0 N–H and O–H groups in total. The molecule has 1 amide bonds. The Kier molecular flexibility index (Phi) is 3.84. The van der Waals surface area contributed by atoms with Gasteiger partial charge in [-0.3, -0.25) is 14.2 Å². The first-order valence-corrected chi connectivity index (χ1v) is 7.61. The lowest BCUT2D eigenvalue weighted by atomic mass is 10.4. The third-order valence-corrected chi connectivity index (χ3v) is 4.49. The van der Waals surface area contributed by atoms with Gasteiger partial charge in [0.05, 0.1) is 12.3 Å². The molecule has 2 heterocycles. The summed E-state index contributed by atoms with van der Waals surface area (Å²) in [7, 11) is 0. The lowest BCUT2D eigenvalue weighted by Gasteiger charge is -2.06. The molecule has 0 spiro atoms. The van der Waals surface area contributed by atoms with Crippen molar-refractivity contribution >= 4 is 17.2 Å². The molecular formula is C14H13N3O4S. The molecule has 0 saturated heterocycles. The Labute approximate surface area is 129 Å². The molecule has 0 unspecified atom stereocenters. The fourth-order valence-corrected chi connectivity index (χ4v) is 2.86. The van der Waals surface area contributed by atoms with E-state index in [0.717, 1.165) is 11.3 Å². The van der Waals surface area contributed by atoms with Crippen LogP contribution in [0.5, 0.6) is 5.75 Å². The first-order valence-electron chi connectivity index (χ1n) is 6.79. The molecule has 8 heteroatoms. The summed E-state index contributed by atoms with van der Waals surface area (Å²) in [5, 5.41) is 2.71. The second kappa shape index (κ2) is 5.80. The van der Waals surface area contributed by atoms with E-state index in [1.54, 1.807) is 19.2 Å². The minimum atomic E-state index is -0.876. The van der Waals surface area contributed by atoms with Crippen LogP contribution in [0.1, 0.15) is 28.2 Å². The molecule has 1 fully saturated rings. The number of hydrogen-bond acceptors (Lipinski definition) is 6. The van der Waals surface area contributed by atoms with E-state index in [1.165, 1.54) is 23.5 Å². The van der Waals surface area contributed by atoms with Gasteiger partial charge in [0.25, 0.3) is 5.56 Å². The smallest absolute Gasteiger partial charge is 0.328 e. The van der Waals surface area contributed by atoms with Gasteiger partial charge in [0.15, 0.2) is 5.13 Å². The molecule has 114 valence electrons. The molecule has 2 aromatic heterocycles. The average Bonchev–Trinajstić information content (AvgIpc) is 3.26. The number of thiazole rings is 1. The number of hydrogen-bond donors (Lipinski definition) is 0. The van der Waals surface area contributed by atoms with Gasteiger partial charge in [-0.15, -0.1) is 4.91 Å². The summed E-state index contributed by atoms with van der Waals surface area (Å²) >= 11 is 0.961. The highest BCUT2D eigenvalue weighted by molar-refractivity contribution is 7.16. The summed E-state index contributed by atoms with van der Waals surface area (Å²) < 4.78 is 6.85. The summed E-state index contributed by atoms with van der Waals surface area (Å²) in [5.74, 6) is 0.249. The Balaban J connectivity index is 1.86. The van der Waals surface area contributed by atoms with Crippen molar-refractivity contribution in [2.24, 2.45) is 11.1 Å². The second-order valence-corrected chi connectivity index (χ2v) is 6.11. The van der Waals surface area contributed by atoms with E-state index in [-0.39, 0.29) is 10.4 Å². The van der Waals surface area contributed by atoms with E-state index in [9.17, 15) is 14.5 Å². The highest BCUT2D eigenvalue weighted by Crippen LogP contribution is 2.29. The molecular weight excluding hydrogens is 306 g/mol. The number of ether oxygens (including phenoxy) is 1. The number of nitroso groups, excluding NO2 is 1. The quantitative estimate of drug-likeness (QED) is 0.789. The monoisotopic (exact) mass is 319 g/mol. The van der Waals surface area contributed by atoms with Crippen molar-refractivity contribution in [1.82, 2.24) is 9.55 Å². The maximum atomic E-state index is 12.1. The van der Waals surface area contributed by atoms with Gasteiger partial charge in [-0.05, 0) is 31.7 Å². The van der Waals surface area contributed by atoms with Crippen LogP contribution in [0, 0.1) is 17.7 Å². The van der Waals surface area contributed by atoms with Crippen LogP contribution in [0.2, 0.25) is 0 Å². The van der Waals surface area contributed by atoms with Gasteiger partial charge in [0.2, 0.25) is 0 Å². The molecule has 1 aliphatic rings. The maximum Gasteiger partial charge on any atom is 0.328 e. The number of carbonyl (C=O) groups excluding carboxylic acids is 1. The van der Waals surface area contributed by atoms with Crippen LogP contribution in [0.3, 0.4) is 0 Å². The Hall–Kier alpha value is -2.35. The zero-order chi connectivity index (χ0) is 15.7. The number of aromatic nitrogens is 2. The Bertz CT molecular complexity index is 792. The predicted molar refractivity (Wildman–Crippen MR) is 80.8 cm³/mol. The predicted octanol–water partition coefficient (Wildman–Crippen LogP) is 2.30. The minimum Gasteiger partial charge on any atom is -0.493 e. The third kappa shape index (κ3) is 2.96. The zero-order valence-corrected chi connectivity index (χ0v) is 12.6. The molecule has 0 aliphatic heterocycles. The van der Waals surface area contributed by atoms with Crippen LogP contribution in [-0.2, 0) is 0 Å². The Morgan fingerprint density at radius 1 is 1.55 bits per heavy atom. The molecule has 0 aromatic carbocycles. The van der Waals surface area contributed by atoms with E-state index in [1.807, 2.05) is 0 Å². The number of amides is 1. The molecule has 0 radical (unpaired) electrons. The fraction of sp³-hybridized carbons (Fsp3) is 0.357. The third-order valence-electron chi connectivity index (χ3n) is 3.34. The topological polar surface area (TPSA) is 90.6 Å². The van der Waals surface area contributed by atoms with E-state index in [2.05, 4.69) is 10.2 Å². The van der Waals surface area contributed by atoms with Gasteiger partial charge in [-0.2, -0.15) is 0 Å². The summed E-state index contributed by atoms with van der Waals surface area (Å²) in [6.07, 6.45) is 3.90. The van der Waals surface area contributed by atoms with Crippen LogP contribution in [0.4, 0.5) is 0 Å². The zero-order valence-electron chi connectivity index (χ0n) is 11.8. The molecule has 7 nitrogen and oxygen atoms in total. The van der Waals surface area contributed by atoms with Gasteiger partial charge in [-0.1, -0.05) is 11.3 Å². The van der Waals surface area contributed by atoms with Gasteiger partial charge in [0.1, 0.15) is 10.6 Å². The molecule has 2 aromatic rings. The lowest BCUT2D eigenvalue weighted by molar-refractivity contribution is 0.100. The molecule has 0 atom stereocenters. The van der Waals surface area contributed by atoms with Crippen LogP contribution in [0.15, 0.2) is 28.3 Å². The standard InChI is InChI=1S/C14H13N3O4S/c1-8-12(13(19)16-20)22-14(15-8)17-5-4-10(6-11(17)18)21-7-9-2-3-9/h4-6,9H,2-3,7H2,1H3. The minimum absolute atomic E-state index is 0.144. The van der Waals surface area contributed by atoms with Crippen LogP contribution < -0.4 is 10.3 Å². The van der Waals surface area contributed by atoms with E-state index < -0.39 is 5.91 Å². The number of rotatable bonds is 5. The van der Waals surface area contributed by atoms with Gasteiger partial charge in [0, 0.05) is 17.4 Å². The van der Waals surface area contributed by atoms with Crippen LogP contribution >= 0.6 is 11.3 Å². The first-order chi connectivity index (χ1) is 10.6. The fourth-order valence-electron chi connectivity index (χ4n) is 1.93. The number of pyridine rings is 1. The molecule has 0 bridgehead atoms. The van der Waals surface area contributed by atoms with E-state index in [4.69, 9.17) is 4.74 Å². The summed E-state index contributed by atoms with van der Waals surface area (Å²) in [6, 6.07) is 3.07. The van der Waals surface area contributed by atoms with Crippen molar-refractivity contribution in [3.8, 4) is 10.9 Å². The van der Waals surface area contributed by atoms with Crippen molar-refractivity contribution in [3.63, 3.8) is 0 Å². The van der Waals surface area contributed by atoms with E-state index in [0.29, 0.717) is 29.1 Å². The van der Waals surface area contributed by atoms with Crippen LogP contribution in [0.25, 0.3) is 5.13 Å². The summed E-state index contributed by atoms with van der Waals surface area (Å²) in [5.41, 5.74) is 0.0747.